The first-order valence-electron chi connectivity index (χ1n) is 12.3. The zero-order valence-corrected chi connectivity index (χ0v) is 20.1. The number of fused-ring (bicyclic) bond motifs is 2. The number of hydrogen-bond acceptors (Lipinski definition) is 5. The molecule has 182 valence electrons. The summed E-state index contributed by atoms with van der Waals surface area (Å²) >= 11 is 0. The summed E-state index contributed by atoms with van der Waals surface area (Å²) in [5, 5.41) is 2.77. The number of carbonyl (C=O) groups is 4. The fraction of sp³-hybridized carbons (Fsp3) is 0.615. The monoisotopic (exact) mass is 467 g/mol. The van der Waals surface area contributed by atoms with E-state index in [0.717, 1.165) is 19.3 Å². The van der Waals surface area contributed by atoms with Gasteiger partial charge in [0.1, 0.15) is 11.6 Å². The summed E-state index contributed by atoms with van der Waals surface area (Å²) in [5.41, 5.74) is -0.723. The molecule has 2 saturated heterocycles. The second-order valence-electron chi connectivity index (χ2n) is 11.1. The van der Waals surface area contributed by atoms with Crippen LogP contribution in [-0.2, 0) is 19.1 Å². The van der Waals surface area contributed by atoms with Crippen LogP contribution in [0.2, 0.25) is 0 Å². The zero-order valence-electron chi connectivity index (χ0n) is 20.1. The van der Waals surface area contributed by atoms with Crippen LogP contribution in [0.4, 0.5) is 4.79 Å². The lowest BCUT2D eigenvalue weighted by atomic mass is 9.64. The third-order valence-electron chi connectivity index (χ3n) is 7.64. The summed E-state index contributed by atoms with van der Waals surface area (Å²) < 4.78 is 5.43. The highest BCUT2D eigenvalue weighted by Crippen LogP contribution is 2.57. The molecule has 2 aliphatic carbocycles. The molecule has 4 amide bonds. The van der Waals surface area contributed by atoms with E-state index in [2.05, 4.69) is 5.32 Å². The molecular formula is C26H33N3O5. The molecule has 1 aromatic carbocycles. The van der Waals surface area contributed by atoms with E-state index < -0.39 is 23.2 Å². The standard InChI is InChI=1S/C26H33N3O5/c1-25(2,3)34-24(33)27-19(16-8-5-4-6-9-16)22(31)28-15-12-18-20(28)26(13-7-14-26)23(32)29(18)21(30)17-10-11-17/h4-6,8-9,17-20H,7,10-15H2,1-3H3,(H,27,33)/t18-,19-,20-/m0/s1. The number of ether oxygens (including phenoxy) is 1. The van der Waals surface area contributed by atoms with Gasteiger partial charge in [0.05, 0.1) is 17.5 Å². The van der Waals surface area contributed by atoms with Crippen LogP contribution < -0.4 is 5.32 Å². The van der Waals surface area contributed by atoms with Crippen molar-refractivity contribution in [1.29, 1.82) is 0 Å². The topological polar surface area (TPSA) is 96.0 Å². The van der Waals surface area contributed by atoms with E-state index in [1.807, 2.05) is 18.2 Å². The van der Waals surface area contributed by atoms with Gasteiger partial charge >= 0.3 is 6.09 Å². The molecule has 8 nitrogen and oxygen atoms in total. The Bertz CT molecular complexity index is 1010. The second-order valence-corrected chi connectivity index (χ2v) is 11.1. The van der Waals surface area contributed by atoms with Gasteiger partial charge in [0.15, 0.2) is 0 Å². The van der Waals surface area contributed by atoms with Crippen molar-refractivity contribution in [3.05, 3.63) is 35.9 Å². The second kappa shape index (κ2) is 8.10. The van der Waals surface area contributed by atoms with Crippen molar-refractivity contribution in [3.63, 3.8) is 0 Å². The van der Waals surface area contributed by atoms with E-state index in [1.54, 1.807) is 37.8 Å². The highest BCUT2D eigenvalue weighted by Gasteiger charge is 2.68. The number of nitrogens with zero attached hydrogens (tertiary/aromatic N) is 2. The van der Waals surface area contributed by atoms with E-state index in [1.165, 1.54) is 4.90 Å². The Morgan fingerprint density at radius 1 is 1.09 bits per heavy atom. The molecule has 4 aliphatic rings. The van der Waals surface area contributed by atoms with Crippen LogP contribution in [-0.4, -0.2) is 57.8 Å². The minimum atomic E-state index is -0.935. The molecule has 0 unspecified atom stereocenters. The number of likely N-dealkylation sites (tertiary alicyclic amines) is 2. The van der Waals surface area contributed by atoms with Gasteiger partial charge in [-0.1, -0.05) is 36.8 Å². The van der Waals surface area contributed by atoms with Crippen molar-refractivity contribution in [2.45, 2.75) is 83.0 Å². The molecule has 4 fully saturated rings. The minimum absolute atomic E-state index is 0.0459. The van der Waals surface area contributed by atoms with Crippen LogP contribution in [0.15, 0.2) is 30.3 Å². The maximum atomic E-state index is 14.0. The van der Waals surface area contributed by atoms with Gasteiger partial charge in [0, 0.05) is 12.5 Å². The van der Waals surface area contributed by atoms with Gasteiger partial charge in [0.25, 0.3) is 0 Å². The number of hydrogen-bond donors (Lipinski definition) is 1. The van der Waals surface area contributed by atoms with E-state index in [4.69, 9.17) is 4.74 Å². The molecule has 0 aromatic heterocycles. The molecule has 5 rings (SSSR count). The van der Waals surface area contributed by atoms with Crippen molar-refractivity contribution in [2.24, 2.45) is 11.3 Å². The van der Waals surface area contributed by atoms with Crippen LogP contribution >= 0.6 is 0 Å². The molecule has 8 heteroatoms. The van der Waals surface area contributed by atoms with Crippen LogP contribution in [0.25, 0.3) is 0 Å². The Labute approximate surface area is 200 Å². The lowest BCUT2D eigenvalue weighted by Crippen LogP contribution is -2.55. The molecule has 1 aromatic rings. The Kier molecular flexibility index (Phi) is 5.45. The average molecular weight is 468 g/mol. The van der Waals surface area contributed by atoms with Gasteiger partial charge in [-0.2, -0.15) is 0 Å². The number of alkyl carbamates (subject to hydrolysis) is 1. The summed E-state index contributed by atoms with van der Waals surface area (Å²) in [6, 6.07) is 7.55. The number of amides is 4. The van der Waals surface area contributed by atoms with Crippen molar-refractivity contribution in [1.82, 2.24) is 15.1 Å². The van der Waals surface area contributed by atoms with Crippen LogP contribution in [0.1, 0.15) is 70.9 Å². The SMILES string of the molecule is CC(C)(C)OC(=O)N[C@H](C(=O)N1CC[C@H]2[C@H]1C1(CCC1)C(=O)N2C(=O)C1CC1)c1ccccc1. The number of nitrogens with one attached hydrogen (secondary N) is 1. The Morgan fingerprint density at radius 2 is 1.76 bits per heavy atom. The van der Waals surface area contributed by atoms with Gasteiger partial charge in [-0.15, -0.1) is 0 Å². The molecule has 0 bridgehead atoms. The van der Waals surface area contributed by atoms with Crippen LogP contribution in [0, 0.1) is 11.3 Å². The minimum Gasteiger partial charge on any atom is -0.444 e. The van der Waals surface area contributed by atoms with Crippen molar-refractivity contribution < 1.29 is 23.9 Å². The van der Waals surface area contributed by atoms with E-state index in [9.17, 15) is 19.2 Å². The van der Waals surface area contributed by atoms with Crippen molar-refractivity contribution in [3.8, 4) is 0 Å². The molecule has 1 spiro atoms. The summed E-state index contributed by atoms with van der Waals surface area (Å²) in [5.74, 6) is -0.469. The maximum Gasteiger partial charge on any atom is 0.408 e. The number of imide groups is 1. The van der Waals surface area contributed by atoms with Gasteiger partial charge < -0.3 is 15.0 Å². The number of carbonyl (C=O) groups excluding carboxylic acids is 4. The van der Waals surface area contributed by atoms with Crippen LogP contribution in [0.5, 0.6) is 0 Å². The molecule has 2 heterocycles. The molecule has 1 N–H and O–H groups in total. The summed E-state index contributed by atoms with van der Waals surface area (Å²) in [6.45, 7) is 5.77. The summed E-state index contributed by atoms with van der Waals surface area (Å²) in [7, 11) is 0. The maximum absolute atomic E-state index is 14.0. The Morgan fingerprint density at radius 3 is 2.32 bits per heavy atom. The Hall–Kier alpha value is -2.90. The average Bonchev–Trinajstić information content (AvgIpc) is 3.46. The molecule has 0 radical (unpaired) electrons. The van der Waals surface area contributed by atoms with Gasteiger partial charge in [-0.25, -0.2) is 4.79 Å². The molecule has 34 heavy (non-hydrogen) atoms. The fourth-order valence-corrected chi connectivity index (χ4v) is 5.86. The Balaban J connectivity index is 1.44. The molecule has 3 atom stereocenters. The quantitative estimate of drug-likeness (QED) is 0.686. The fourth-order valence-electron chi connectivity index (χ4n) is 5.86. The van der Waals surface area contributed by atoms with E-state index in [0.29, 0.717) is 31.4 Å². The number of rotatable bonds is 4. The van der Waals surface area contributed by atoms with Gasteiger partial charge in [-0.3, -0.25) is 19.3 Å². The highest BCUT2D eigenvalue weighted by atomic mass is 16.6. The molecule has 2 saturated carbocycles. The van der Waals surface area contributed by atoms with E-state index >= 15 is 0 Å². The van der Waals surface area contributed by atoms with Crippen molar-refractivity contribution >= 4 is 23.8 Å². The largest absolute Gasteiger partial charge is 0.444 e. The molecule has 2 aliphatic heterocycles. The smallest absolute Gasteiger partial charge is 0.408 e. The van der Waals surface area contributed by atoms with E-state index in [-0.39, 0.29) is 35.7 Å². The highest BCUT2D eigenvalue weighted by molar-refractivity contribution is 6.04. The third-order valence-corrected chi connectivity index (χ3v) is 7.64. The predicted molar refractivity (Wildman–Crippen MR) is 123 cm³/mol. The molecular weight excluding hydrogens is 434 g/mol. The first kappa shape index (κ1) is 22.9. The number of benzene rings is 1. The van der Waals surface area contributed by atoms with Crippen molar-refractivity contribution in [2.75, 3.05) is 6.54 Å². The van der Waals surface area contributed by atoms with Gasteiger partial charge in [-0.05, 0) is 58.4 Å². The lowest BCUT2D eigenvalue weighted by Gasteiger charge is -2.44. The first-order chi connectivity index (χ1) is 16.1. The summed E-state index contributed by atoms with van der Waals surface area (Å²) in [6.07, 6.45) is 3.90. The normalized spacial score (nSPS) is 26.1. The lowest BCUT2D eigenvalue weighted by molar-refractivity contribution is -0.152. The zero-order chi connectivity index (χ0) is 24.3. The van der Waals surface area contributed by atoms with Gasteiger partial charge in [0.2, 0.25) is 17.7 Å². The predicted octanol–water partition coefficient (Wildman–Crippen LogP) is 3.17. The summed E-state index contributed by atoms with van der Waals surface area (Å²) in [4.78, 5) is 56.4. The van der Waals surface area contributed by atoms with Crippen LogP contribution in [0.3, 0.4) is 0 Å². The first-order valence-corrected chi connectivity index (χ1v) is 12.3. The third kappa shape index (κ3) is 3.77.